The Morgan fingerprint density at radius 3 is 2.57 bits per heavy atom. The normalized spacial score (nSPS) is 22.9. The fourth-order valence-electron chi connectivity index (χ4n) is 4.17. The van der Waals surface area contributed by atoms with E-state index in [1.54, 1.807) is 14.2 Å². The molecular weight excluding hydrogens is 292 g/mol. The quantitative estimate of drug-likeness (QED) is 0.772. The number of hydrogen-bond donors (Lipinski definition) is 0. The van der Waals surface area contributed by atoms with Crippen LogP contribution < -0.4 is 4.90 Å². The summed E-state index contributed by atoms with van der Waals surface area (Å²) in [5.41, 5.74) is 0. The summed E-state index contributed by atoms with van der Waals surface area (Å²) in [6.45, 7) is 4.17. The van der Waals surface area contributed by atoms with E-state index in [-0.39, 0.29) is 0 Å². The monoisotopic (exact) mass is 322 g/mol. The first-order chi connectivity index (χ1) is 11.3. The highest BCUT2D eigenvalue weighted by atomic mass is 16.5. The van der Waals surface area contributed by atoms with Gasteiger partial charge in [-0.3, -0.25) is 4.57 Å². The Labute approximate surface area is 139 Å². The summed E-state index contributed by atoms with van der Waals surface area (Å²) in [6, 6.07) is 0. The first-order valence-corrected chi connectivity index (χ1v) is 8.98. The fourth-order valence-corrected chi connectivity index (χ4v) is 4.17. The van der Waals surface area contributed by atoms with Crippen LogP contribution in [-0.4, -0.2) is 48.7 Å². The zero-order valence-electron chi connectivity index (χ0n) is 14.5. The average Bonchev–Trinajstić information content (AvgIpc) is 3.21. The Bertz CT molecular complexity index is 485. The van der Waals surface area contributed by atoms with Crippen molar-refractivity contribution in [3.63, 3.8) is 0 Å². The number of nitrogens with zero attached hydrogens (tertiary/aromatic N) is 4. The van der Waals surface area contributed by atoms with E-state index in [1.807, 2.05) is 0 Å². The summed E-state index contributed by atoms with van der Waals surface area (Å²) in [4.78, 5) is 2.42. The molecule has 0 amide bonds. The topological polar surface area (TPSA) is 52.4 Å². The van der Waals surface area contributed by atoms with Crippen LogP contribution in [0.25, 0.3) is 0 Å². The zero-order chi connectivity index (χ0) is 16.1. The van der Waals surface area contributed by atoms with Crippen LogP contribution in [0, 0.1) is 11.8 Å². The van der Waals surface area contributed by atoms with Gasteiger partial charge in [0.1, 0.15) is 6.61 Å². The Morgan fingerprint density at radius 1 is 1.00 bits per heavy atom. The molecule has 1 unspecified atom stereocenters. The van der Waals surface area contributed by atoms with Gasteiger partial charge in [0.25, 0.3) is 0 Å². The van der Waals surface area contributed by atoms with Gasteiger partial charge in [-0.25, -0.2) is 0 Å². The van der Waals surface area contributed by atoms with Crippen molar-refractivity contribution in [2.24, 2.45) is 11.8 Å². The Hall–Kier alpha value is -1.14. The maximum atomic E-state index is 5.26. The molecule has 1 saturated heterocycles. The number of ether oxygens (including phenoxy) is 2. The summed E-state index contributed by atoms with van der Waals surface area (Å²) < 4.78 is 12.7. The van der Waals surface area contributed by atoms with E-state index in [4.69, 9.17) is 9.47 Å². The molecule has 1 aromatic rings. The van der Waals surface area contributed by atoms with Crippen molar-refractivity contribution in [2.45, 2.75) is 51.7 Å². The minimum atomic E-state index is 0.497. The van der Waals surface area contributed by atoms with Crippen LogP contribution in [0.15, 0.2) is 0 Å². The standard InChI is InChI=1S/C17H30N4O2/c1-22-11-10-21-16(13-23-2)18-19-17(21)20-9-8-15(12-20)14-6-4-3-5-7-14/h14-15H,3-13H2,1-2H3. The van der Waals surface area contributed by atoms with E-state index in [0.29, 0.717) is 13.2 Å². The van der Waals surface area contributed by atoms with Crippen molar-refractivity contribution in [1.29, 1.82) is 0 Å². The first kappa shape index (κ1) is 16.7. The molecule has 0 N–H and O–H groups in total. The third kappa shape index (κ3) is 3.86. The largest absolute Gasteiger partial charge is 0.383 e. The van der Waals surface area contributed by atoms with Crippen molar-refractivity contribution < 1.29 is 9.47 Å². The predicted molar refractivity (Wildman–Crippen MR) is 89.5 cm³/mol. The molecule has 2 aliphatic rings. The molecule has 2 fully saturated rings. The van der Waals surface area contributed by atoms with E-state index in [2.05, 4.69) is 19.7 Å². The van der Waals surface area contributed by atoms with Crippen molar-refractivity contribution >= 4 is 5.95 Å². The molecule has 6 nitrogen and oxygen atoms in total. The summed E-state index contributed by atoms with van der Waals surface area (Å²) >= 11 is 0. The minimum Gasteiger partial charge on any atom is -0.383 e. The van der Waals surface area contributed by atoms with E-state index >= 15 is 0 Å². The van der Waals surface area contributed by atoms with Gasteiger partial charge in [-0.2, -0.15) is 0 Å². The number of rotatable bonds is 7. The molecule has 3 rings (SSSR count). The van der Waals surface area contributed by atoms with Gasteiger partial charge in [-0.15, -0.1) is 10.2 Å². The molecule has 6 heteroatoms. The van der Waals surface area contributed by atoms with Crippen LogP contribution in [0.3, 0.4) is 0 Å². The third-order valence-electron chi connectivity index (χ3n) is 5.42. The highest BCUT2D eigenvalue weighted by Gasteiger charge is 2.32. The lowest BCUT2D eigenvalue weighted by atomic mass is 9.80. The molecule has 23 heavy (non-hydrogen) atoms. The number of anilines is 1. The van der Waals surface area contributed by atoms with Crippen molar-refractivity contribution in [3.05, 3.63) is 5.82 Å². The van der Waals surface area contributed by atoms with Crippen LogP contribution in [-0.2, 0) is 22.6 Å². The van der Waals surface area contributed by atoms with Crippen LogP contribution in [0.4, 0.5) is 5.95 Å². The molecule has 1 aliphatic carbocycles. The maximum Gasteiger partial charge on any atom is 0.227 e. The van der Waals surface area contributed by atoms with Gasteiger partial charge in [-0.05, 0) is 18.3 Å². The van der Waals surface area contributed by atoms with Crippen LogP contribution in [0.5, 0.6) is 0 Å². The van der Waals surface area contributed by atoms with Crippen LogP contribution in [0.1, 0.15) is 44.3 Å². The minimum absolute atomic E-state index is 0.497. The Balaban J connectivity index is 1.68. The number of aromatic nitrogens is 3. The Kier molecular flexibility index (Phi) is 5.89. The van der Waals surface area contributed by atoms with Gasteiger partial charge in [0.05, 0.1) is 13.2 Å². The first-order valence-electron chi connectivity index (χ1n) is 8.98. The molecule has 1 aromatic heterocycles. The molecule has 1 saturated carbocycles. The van der Waals surface area contributed by atoms with Gasteiger partial charge >= 0.3 is 0 Å². The van der Waals surface area contributed by atoms with Gasteiger partial charge in [0, 0.05) is 27.3 Å². The summed E-state index contributed by atoms with van der Waals surface area (Å²) in [5.74, 6) is 3.63. The molecule has 0 bridgehead atoms. The zero-order valence-corrected chi connectivity index (χ0v) is 14.5. The van der Waals surface area contributed by atoms with E-state index in [1.165, 1.54) is 38.5 Å². The predicted octanol–water partition coefficient (Wildman–Crippen LogP) is 2.48. The molecule has 1 aliphatic heterocycles. The lowest BCUT2D eigenvalue weighted by molar-refractivity contribution is 0.163. The third-order valence-corrected chi connectivity index (χ3v) is 5.42. The van der Waals surface area contributed by atoms with E-state index in [9.17, 15) is 0 Å². The summed E-state index contributed by atoms with van der Waals surface area (Å²) in [5, 5.41) is 8.78. The number of hydrogen-bond acceptors (Lipinski definition) is 5. The second kappa shape index (κ2) is 8.11. The molecular formula is C17H30N4O2. The van der Waals surface area contributed by atoms with E-state index in [0.717, 1.165) is 43.2 Å². The lowest BCUT2D eigenvalue weighted by Gasteiger charge is -2.27. The van der Waals surface area contributed by atoms with Gasteiger partial charge < -0.3 is 14.4 Å². The van der Waals surface area contributed by atoms with Gasteiger partial charge in [0.2, 0.25) is 5.95 Å². The van der Waals surface area contributed by atoms with Gasteiger partial charge in [-0.1, -0.05) is 32.1 Å². The number of methoxy groups -OCH3 is 2. The highest BCUT2D eigenvalue weighted by Crippen LogP contribution is 2.36. The average molecular weight is 322 g/mol. The molecule has 0 radical (unpaired) electrons. The molecule has 0 spiro atoms. The smallest absolute Gasteiger partial charge is 0.227 e. The second-order valence-corrected chi connectivity index (χ2v) is 6.89. The van der Waals surface area contributed by atoms with E-state index < -0.39 is 0 Å². The molecule has 0 aromatic carbocycles. The van der Waals surface area contributed by atoms with Crippen molar-refractivity contribution in [2.75, 3.05) is 38.8 Å². The highest BCUT2D eigenvalue weighted by molar-refractivity contribution is 5.33. The summed E-state index contributed by atoms with van der Waals surface area (Å²) in [7, 11) is 3.43. The second-order valence-electron chi connectivity index (χ2n) is 6.89. The summed E-state index contributed by atoms with van der Waals surface area (Å²) in [6.07, 6.45) is 8.40. The van der Waals surface area contributed by atoms with Crippen molar-refractivity contribution in [3.8, 4) is 0 Å². The van der Waals surface area contributed by atoms with Crippen LogP contribution >= 0.6 is 0 Å². The van der Waals surface area contributed by atoms with Crippen molar-refractivity contribution in [1.82, 2.24) is 14.8 Å². The maximum absolute atomic E-state index is 5.26. The van der Waals surface area contributed by atoms with Crippen LogP contribution in [0.2, 0.25) is 0 Å². The molecule has 1 atom stereocenters. The molecule has 2 heterocycles. The lowest BCUT2D eigenvalue weighted by Crippen LogP contribution is -2.27. The van der Waals surface area contributed by atoms with Gasteiger partial charge in [0.15, 0.2) is 5.82 Å². The fraction of sp³-hybridized carbons (Fsp3) is 0.882. The Morgan fingerprint density at radius 2 is 1.83 bits per heavy atom. The molecule has 130 valence electrons. The SMILES string of the molecule is COCCn1c(COC)nnc1N1CCC(C2CCCCC2)C1.